The summed E-state index contributed by atoms with van der Waals surface area (Å²) >= 11 is 0. The van der Waals surface area contributed by atoms with E-state index in [2.05, 4.69) is 10.1 Å². The first-order chi connectivity index (χ1) is 15.1. The Bertz CT molecular complexity index is 1290. The van der Waals surface area contributed by atoms with Crippen molar-refractivity contribution in [3.05, 3.63) is 75.1 Å². The highest BCUT2D eigenvalue weighted by Crippen LogP contribution is 2.32. The van der Waals surface area contributed by atoms with E-state index >= 15 is 0 Å². The van der Waals surface area contributed by atoms with Crippen molar-refractivity contribution in [1.29, 1.82) is 0 Å². The maximum Gasteiger partial charge on any atom is 0.387 e. The van der Waals surface area contributed by atoms with Crippen LogP contribution < -0.4 is 15.7 Å². The summed E-state index contributed by atoms with van der Waals surface area (Å²) in [6.07, 6.45) is 0. The highest BCUT2D eigenvalue weighted by Gasteiger charge is 2.49. The number of amides is 3. The van der Waals surface area contributed by atoms with Crippen molar-refractivity contribution < 1.29 is 27.5 Å². The molecule has 7 nitrogen and oxygen atoms in total. The number of carbonyl (C=O) groups is 2. The molecule has 32 heavy (non-hydrogen) atoms. The number of benzene rings is 2. The first-order valence-corrected chi connectivity index (χ1v) is 9.82. The van der Waals surface area contributed by atoms with Crippen LogP contribution in [0, 0.1) is 13.8 Å². The Morgan fingerprint density at radius 1 is 1.06 bits per heavy atom. The Morgan fingerprint density at radius 3 is 2.38 bits per heavy atom. The van der Waals surface area contributed by atoms with E-state index in [-0.39, 0.29) is 12.3 Å². The summed E-state index contributed by atoms with van der Waals surface area (Å²) in [4.78, 5) is 39.0. The van der Waals surface area contributed by atoms with E-state index in [0.29, 0.717) is 22.1 Å². The second-order valence-electron chi connectivity index (χ2n) is 7.87. The lowest BCUT2D eigenvalue weighted by atomic mass is 9.92. The van der Waals surface area contributed by atoms with E-state index in [1.165, 1.54) is 37.3 Å². The average Bonchev–Trinajstić information content (AvgIpc) is 2.93. The maximum absolute atomic E-state index is 13.2. The minimum atomic E-state index is -2.97. The SMILES string of the molecule is Cc1cc2oc(=O)cc(CN3C(=O)NC(C)(c4ccc(OC(F)F)cc4)C3=O)c2cc1C. The van der Waals surface area contributed by atoms with Gasteiger partial charge in [0, 0.05) is 11.5 Å². The molecular weight excluding hydrogens is 422 g/mol. The van der Waals surface area contributed by atoms with Gasteiger partial charge in [0.1, 0.15) is 16.9 Å². The van der Waals surface area contributed by atoms with Gasteiger partial charge in [-0.2, -0.15) is 8.78 Å². The summed E-state index contributed by atoms with van der Waals surface area (Å²) < 4.78 is 34.4. The first kappa shape index (κ1) is 21.5. The molecule has 2 aromatic carbocycles. The van der Waals surface area contributed by atoms with Crippen molar-refractivity contribution in [2.45, 2.75) is 39.5 Å². The molecule has 2 heterocycles. The molecule has 1 saturated heterocycles. The number of imide groups is 1. The van der Waals surface area contributed by atoms with Gasteiger partial charge >= 0.3 is 18.3 Å². The highest BCUT2D eigenvalue weighted by atomic mass is 19.3. The van der Waals surface area contributed by atoms with E-state index in [1.54, 1.807) is 6.07 Å². The van der Waals surface area contributed by atoms with Crippen LogP contribution in [0.25, 0.3) is 11.0 Å². The number of carbonyl (C=O) groups excluding carboxylic acids is 2. The fourth-order valence-corrected chi connectivity index (χ4v) is 3.79. The Labute approximate surface area is 181 Å². The molecule has 166 valence electrons. The van der Waals surface area contributed by atoms with Gasteiger partial charge in [-0.3, -0.25) is 9.69 Å². The normalized spacial score (nSPS) is 18.5. The number of ether oxygens (including phenoxy) is 1. The van der Waals surface area contributed by atoms with Crippen LogP contribution in [0.1, 0.15) is 29.2 Å². The smallest absolute Gasteiger partial charge is 0.387 e. The molecule has 1 aliphatic rings. The van der Waals surface area contributed by atoms with Gasteiger partial charge in [0.15, 0.2) is 0 Å². The van der Waals surface area contributed by atoms with Crippen LogP contribution in [-0.2, 0) is 16.9 Å². The molecule has 0 saturated carbocycles. The van der Waals surface area contributed by atoms with Gasteiger partial charge < -0.3 is 14.5 Å². The maximum atomic E-state index is 13.2. The first-order valence-electron chi connectivity index (χ1n) is 9.82. The molecule has 1 aliphatic heterocycles. The van der Waals surface area contributed by atoms with Crippen LogP contribution in [0.5, 0.6) is 5.75 Å². The zero-order valence-corrected chi connectivity index (χ0v) is 17.6. The lowest BCUT2D eigenvalue weighted by Crippen LogP contribution is -2.40. The second-order valence-corrected chi connectivity index (χ2v) is 7.87. The summed E-state index contributed by atoms with van der Waals surface area (Å²) in [5.74, 6) is -0.593. The molecule has 4 rings (SSSR count). The topological polar surface area (TPSA) is 88.8 Å². The molecule has 1 unspecified atom stereocenters. The van der Waals surface area contributed by atoms with Crippen molar-refractivity contribution >= 4 is 22.9 Å². The van der Waals surface area contributed by atoms with Crippen LogP contribution in [0.3, 0.4) is 0 Å². The van der Waals surface area contributed by atoms with Crippen molar-refractivity contribution in [1.82, 2.24) is 10.2 Å². The van der Waals surface area contributed by atoms with E-state index in [4.69, 9.17) is 4.42 Å². The van der Waals surface area contributed by atoms with Gasteiger partial charge in [0.25, 0.3) is 5.91 Å². The molecule has 1 N–H and O–H groups in total. The largest absolute Gasteiger partial charge is 0.435 e. The van der Waals surface area contributed by atoms with Gasteiger partial charge in [-0.25, -0.2) is 9.59 Å². The number of nitrogens with zero attached hydrogens (tertiary/aromatic N) is 1. The molecular formula is C23H20F2N2O5. The van der Waals surface area contributed by atoms with Crippen LogP contribution in [-0.4, -0.2) is 23.4 Å². The Morgan fingerprint density at radius 2 is 1.72 bits per heavy atom. The number of hydrogen-bond acceptors (Lipinski definition) is 5. The van der Waals surface area contributed by atoms with Crippen molar-refractivity contribution in [3.8, 4) is 5.75 Å². The number of halogens is 2. The van der Waals surface area contributed by atoms with Gasteiger partial charge in [-0.15, -0.1) is 0 Å². The van der Waals surface area contributed by atoms with Crippen LogP contribution in [0.2, 0.25) is 0 Å². The highest BCUT2D eigenvalue weighted by molar-refractivity contribution is 6.07. The van der Waals surface area contributed by atoms with Crippen LogP contribution >= 0.6 is 0 Å². The third kappa shape index (κ3) is 3.70. The van der Waals surface area contributed by atoms with Crippen molar-refractivity contribution in [2.24, 2.45) is 0 Å². The minimum absolute atomic E-state index is 0.0610. The molecule has 1 aromatic heterocycles. The van der Waals surface area contributed by atoms with Gasteiger partial charge in [-0.05, 0) is 67.3 Å². The molecule has 0 radical (unpaired) electrons. The predicted octanol–water partition coefficient (Wildman–Crippen LogP) is 3.98. The van der Waals surface area contributed by atoms with E-state index < -0.39 is 29.7 Å². The van der Waals surface area contributed by atoms with Gasteiger partial charge in [0.05, 0.1) is 6.54 Å². The summed E-state index contributed by atoms with van der Waals surface area (Å²) in [5.41, 5.74) is 1.19. The molecule has 1 atom stereocenters. The van der Waals surface area contributed by atoms with Crippen LogP contribution in [0.15, 0.2) is 51.7 Å². The Hall–Kier alpha value is -3.75. The second kappa shape index (κ2) is 7.74. The summed E-state index contributed by atoms with van der Waals surface area (Å²) in [7, 11) is 0. The fraction of sp³-hybridized carbons (Fsp3) is 0.261. The lowest BCUT2D eigenvalue weighted by molar-refractivity contribution is -0.131. The molecule has 0 spiro atoms. The quantitative estimate of drug-likeness (QED) is 0.477. The molecule has 3 amide bonds. The number of hydrogen-bond donors (Lipinski definition) is 1. The summed E-state index contributed by atoms with van der Waals surface area (Å²) in [6, 6.07) is 9.72. The molecule has 0 aliphatic carbocycles. The minimum Gasteiger partial charge on any atom is -0.435 e. The summed E-state index contributed by atoms with van der Waals surface area (Å²) in [5, 5.41) is 3.29. The number of rotatable bonds is 5. The van der Waals surface area contributed by atoms with E-state index in [1.807, 2.05) is 19.9 Å². The third-order valence-corrected chi connectivity index (χ3v) is 5.70. The van der Waals surface area contributed by atoms with E-state index in [0.717, 1.165) is 16.0 Å². The zero-order chi connectivity index (χ0) is 23.2. The number of aryl methyl sites for hydroxylation is 2. The molecule has 0 bridgehead atoms. The number of urea groups is 1. The average molecular weight is 442 g/mol. The predicted molar refractivity (Wildman–Crippen MR) is 111 cm³/mol. The monoisotopic (exact) mass is 442 g/mol. The van der Waals surface area contributed by atoms with Crippen molar-refractivity contribution in [3.63, 3.8) is 0 Å². The lowest BCUT2D eigenvalue weighted by Gasteiger charge is -2.22. The van der Waals surface area contributed by atoms with Crippen LogP contribution in [0.4, 0.5) is 13.6 Å². The third-order valence-electron chi connectivity index (χ3n) is 5.70. The fourth-order valence-electron chi connectivity index (χ4n) is 3.79. The Balaban J connectivity index is 1.67. The molecule has 9 heteroatoms. The molecule has 3 aromatic rings. The van der Waals surface area contributed by atoms with Gasteiger partial charge in [0.2, 0.25) is 0 Å². The van der Waals surface area contributed by atoms with Crippen molar-refractivity contribution in [2.75, 3.05) is 0 Å². The standard InChI is InChI=1S/C23H20F2N2O5/c1-12-8-17-14(10-19(28)32-18(17)9-13(12)2)11-27-20(29)23(3,26-22(27)30)15-4-6-16(7-5-15)31-21(24)25/h4-10,21H,11H2,1-3H3,(H,26,30). The van der Waals surface area contributed by atoms with Gasteiger partial charge in [-0.1, -0.05) is 12.1 Å². The molecule has 1 fully saturated rings. The number of fused-ring (bicyclic) bond motifs is 1. The number of nitrogens with one attached hydrogen (secondary N) is 1. The summed E-state index contributed by atoms with van der Waals surface area (Å²) in [6.45, 7) is 2.24. The zero-order valence-electron chi connectivity index (χ0n) is 17.6. The van der Waals surface area contributed by atoms with E-state index in [9.17, 15) is 23.2 Å². The number of alkyl halides is 2. The Kier molecular flexibility index (Phi) is 5.20.